The fourth-order valence-electron chi connectivity index (χ4n) is 6.15. The fraction of sp³-hybridized carbons (Fsp3) is 0.273. The zero-order valence-electron chi connectivity index (χ0n) is 24.9. The third kappa shape index (κ3) is 4.70. The highest BCUT2D eigenvalue weighted by Crippen LogP contribution is 2.43. The molecule has 2 N–H and O–H groups in total. The molecule has 0 saturated carbocycles. The predicted molar refractivity (Wildman–Crippen MR) is 172 cm³/mol. The number of benzene rings is 2. The third-order valence-electron chi connectivity index (χ3n) is 8.23. The van der Waals surface area contributed by atoms with E-state index in [2.05, 4.69) is 16.5 Å². The van der Waals surface area contributed by atoms with Crippen LogP contribution in [0, 0.1) is 12.7 Å². The molecule has 1 atom stereocenters. The van der Waals surface area contributed by atoms with Gasteiger partial charge in [-0.1, -0.05) is 32.0 Å². The number of carbonyl (C=O) groups excluding carboxylic acids is 1. The number of amides is 1. The molecule has 1 fully saturated rings. The molecule has 0 unspecified atom stereocenters. The Morgan fingerprint density at radius 1 is 1.23 bits per heavy atom. The van der Waals surface area contributed by atoms with Crippen LogP contribution in [-0.2, 0) is 4.79 Å². The van der Waals surface area contributed by atoms with Crippen molar-refractivity contribution >= 4 is 50.9 Å². The summed E-state index contributed by atoms with van der Waals surface area (Å²) >= 11 is 6.52. The van der Waals surface area contributed by atoms with E-state index in [9.17, 15) is 14.0 Å². The molecule has 6 rings (SSSR count). The van der Waals surface area contributed by atoms with Crippen molar-refractivity contribution in [2.75, 3.05) is 30.3 Å². The number of rotatable bonds is 5. The first-order valence-corrected chi connectivity index (χ1v) is 14.7. The summed E-state index contributed by atoms with van der Waals surface area (Å²) in [4.78, 5) is 39.7. The number of piperazine rings is 1. The van der Waals surface area contributed by atoms with Crippen LogP contribution in [0.4, 0.5) is 15.9 Å². The summed E-state index contributed by atoms with van der Waals surface area (Å²) in [7, 11) is 0. The lowest BCUT2D eigenvalue weighted by Crippen LogP contribution is -2.54. The second-order valence-electron chi connectivity index (χ2n) is 11.4. The zero-order valence-corrected chi connectivity index (χ0v) is 25.7. The van der Waals surface area contributed by atoms with E-state index in [0.717, 1.165) is 11.3 Å². The Labute approximate surface area is 258 Å². The Hall–Kier alpha value is -4.70. The smallest absolute Gasteiger partial charge is 0.354 e. The number of furan rings is 1. The minimum Gasteiger partial charge on any atom is -0.463 e. The highest BCUT2D eigenvalue weighted by Gasteiger charge is 2.31. The molecule has 1 aliphatic heterocycles. The average molecular weight is 615 g/mol. The van der Waals surface area contributed by atoms with Crippen LogP contribution in [0.1, 0.15) is 37.9 Å². The van der Waals surface area contributed by atoms with E-state index < -0.39 is 11.5 Å². The van der Waals surface area contributed by atoms with E-state index in [1.54, 1.807) is 34.1 Å². The summed E-state index contributed by atoms with van der Waals surface area (Å²) in [5.41, 5.74) is 9.79. The zero-order chi connectivity index (χ0) is 31.4. The summed E-state index contributed by atoms with van der Waals surface area (Å²) in [6.07, 6.45) is 4.57. The van der Waals surface area contributed by atoms with E-state index in [-0.39, 0.29) is 28.6 Å². The molecule has 44 heavy (non-hydrogen) atoms. The summed E-state index contributed by atoms with van der Waals surface area (Å²) < 4.78 is 22.6. The average Bonchev–Trinajstić information content (AvgIpc) is 3.48. The molecule has 0 spiro atoms. The summed E-state index contributed by atoms with van der Waals surface area (Å²) in [6, 6.07) is 8.05. The SMILES string of the molecule is C=CC(=O)N1CCN(c2nc(=O)n(-c3c(C)ccnc3C(C)C)c3cc(-c4cc(N)cc(F)c4Cl)c4ccoc4c23)[C@@H](C)C1. The Bertz CT molecular complexity index is 2030. The van der Waals surface area contributed by atoms with E-state index >= 15 is 0 Å². The lowest BCUT2D eigenvalue weighted by molar-refractivity contribution is -0.126. The molecule has 1 saturated heterocycles. The first kappa shape index (κ1) is 29.4. The van der Waals surface area contributed by atoms with Crippen molar-refractivity contribution in [1.82, 2.24) is 19.4 Å². The monoisotopic (exact) mass is 614 g/mol. The number of aromatic nitrogens is 3. The third-order valence-corrected chi connectivity index (χ3v) is 8.61. The minimum absolute atomic E-state index is 0.00806. The van der Waals surface area contributed by atoms with Crippen LogP contribution in [-0.4, -0.2) is 51.0 Å². The van der Waals surface area contributed by atoms with Crippen molar-refractivity contribution in [3.8, 4) is 16.8 Å². The largest absolute Gasteiger partial charge is 0.463 e. The van der Waals surface area contributed by atoms with Gasteiger partial charge in [0.2, 0.25) is 5.91 Å². The van der Waals surface area contributed by atoms with Crippen molar-refractivity contribution in [3.63, 3.8) is 0 Å². The minimum atomic E-state index is -0.655. The van der Waals surface area contributed by atoms with Gasteiger partial charge in [-0.2, -0.15) is 4.98 Å². The lowest BCUT2D eigenvalue weighted by atomic mass is 9.97. The maximum Gasteiger partial charge on any atom is 0.354 e. The van der Waals surface area contributed by atoms with Crippen LogP contribution in [0.5, 0.6) is 0 Å². The first-order valence-electron chi connectivity index (χ1n) is 14.4. The summed E-state index contributed by atoms with van der Waals surface area (Å²) in [5.74, 6) is -0.380. The molecule has 1 aliphatic rings. The van der Waals surface area contributed by atoms with Crippen molar-refractivity contribution in [2.45, 2.75) is 39.7 Å². The second-order valence-corrected chi connectivity index (χ2v) is 11.8. The summed E-state index contributed by atoms with van der Waals surface area (Å²) in [5, 5.41) is 1.15. The number of anilines is 2. The van der Waals surface area contributed by atoms with Crippen molar-refractivity contribution in [1.29, 1.82) is 0 Å². The van der Waals surface area contributed by atoms with Gasteiger partial charge < -0.3 is 20.0 Å². The molecule has 2 aromatic carbocycles. The van der Waals surface area contributed by atoms with Crippen LogP contribution in [0.15, 0.2) is 64.7 Å². The van der Waals surface area contributed by atoms with Crippen molar-refractivity contribution < 1.29 is 13.6 Å². The van der Waals surface area contributed by atoms with Gasteiger partial charge in [0.1, 0.15) is 17.2 Å². The molecule has 226 valence electrons. The van der Waals surface area contributed by atoms with Gasteiger partial charge in [-0.15, -0.1) is 0 Å². The van der Waals surface area contributed by atoms with Gasteiger partial charge in [0.15, 0.2) is 0 Å². The van der Waals surface area contributed by atoms with Gasteiger partial charge in [0, 0.05) is 48.5 Å². The topological polar surface area (TPSA) is 110 Å². The van der Waals surface area contributed by atoms with Crippen LogP contribution < -0.4 is 16.3 Å². The standard InChI is InChI=1S/C33H32ClFN6O3/c1-6-26(42)39-10-11-40(19(5)16-39)32-27-25(41(33(43)38-32)30-18(4)7-9-37-29(30)17(2)3)15-22(21-8-12-44-31(21)27)23-13-20(36)14-24(35)28(23)34/h6-9,12-15,17,19H,1,10-11,16,36H2,2-5H3/t19-/m0/s1. The van der Waals surface area contributed by atoms with Crippen LogP contribution in [0.3, 0.4) is 0 Å². The Morgan fingerprint density at radius 3 is 2.70 bits per heavy atom. The highest BCUT2D eigenvalue weighted by atomic mass is 35.5. The molecule has 5 aromatic rings. The number of aryl methyl sites for hydroxylation is 1. The quantitative estimate of drug-likeness (QED) is 0.185. The van der Waals surface area contributed by atoms with Gasteiger partial charge in [-0.25, -0.2) is 9.18 Å². The van der Waals surface area contributed by atoms with Crippen molar-refractivity contribution in [2.24, 2.45) is 0 Å². The molecular formula is C33H32ClFN6O3. The number of carbonyl (C=O) groups is 1. The van der Waals surface area contributed by atoms with Crippen LogP contribution >= 0.6 is 11.6 Å². The molecular weight excluding hydrogens is 583 g/mol. The molecule has 9 nitrogen and oxygen atoms in total. The number of nitrogens with two attached hydrogens (primary N) is 1. The maximum absolute atomic E-state index is 14.9. The summed E-state index contributed by atoms with van der Waals surface area (Å²) in [6.45, 7) is 12.8. The highest BCUT2D eigenvalue weighted by molar-refractivity contribution is 6.34. The molecule has 0 bridgehead atoms. The normalized spacial score (nSPS) is 15.5. The number of hydrogen-bond donors (Lipinski definition) is 1. The Morgan fingerprint density at radius 2 is 2.00 bits per heavy atom. The molecule has 1 amide bonds. The van der Waals surface area contributed by atoms with E-state index in [1.165, 1.54) is 12.1 Å². The Balaban J connectivity index is 1.73. The van der Waals surface area contributed by atoms with Gasteiger partial charge in [-0.3, -0.25) is 14.3 Å². The van der Waals surface area contributed by atoms with E-state index in [4.69, 9.17) is 21.8 Å². The number of halogens is 2. The van der Waals surface area contributed by atoms with Crippen LogP contribution in [0.25, 0.3) is 38.7 Å². The molecule has 0 aliphatic carbocycles. The number of nitrogens with zero attached hydrogens (tertiary/aromatic N) is 5. The second kappa shape index (κ2) is 11.1. The number of nitrogen functional groups attached to an aromatic ring is 1. The fourth-order valence-corrected chi connectivity index (χ4v) is 6.36. The molecule has 0 radical (unpaired) electrons. The van der Waals surface area contributed by atoms with Gasteiger partial charge in [0.25, 0.3) is 0 Å². The first-order chi connectivity index (χ1) is 21.0. The number of pyridine rings is 1. The molecule has 3 aromatic heterocycles. The molecule has 4 heterocycles. The van der Waals surface area contributed by atoms with Gasteiger partial charge in [-0.05, 0) is 67.3 Å². The van der Waals surface area contributed by atoms with Gasteiger partial charge in [0.05, 0.1) is 33.6 Å². The lowest BCUT2D eigenvalue weighted by Gasteiger charge is -2.40. The van der Waals surface area contributed by atoms with Crippen molar-refractivity contribution in [3.05, 3.63) is 88.0 Å². The van der Waals surface area contributed by atoms with Crippen LogP contribution in [0.2, 0.25) is 5.02 Å². The van der Waals surface area contributed by atoms with Gasteiger partial charge >= 0.3 is 5.69 Å². The Kier molecular flexibility index (Phi) is 7.41. The molecule has 11 heteroatoms. The van der Waals surface area contributed by atoms with E-state index in [1.807, 2.05) is 44.7 Å². The number of fused-ring (bicyclic) bond motifs is 3. The van der Waals surface area contributed by atoms with E-state index in [0.29, 0.717) is 64.1 Å². The maximum atomic E-state index is 14.9. The number of hydrogen-bond acceptors (Lipinski definition) is 7. The predicted octanol–water partition coefficient (Wildman–Crippen LogP) is 6.22.